The SMILES string of the molecule is O=C(NCC1CN(Cc2ccccc2)CCO1)c1cc(C2CC2)nc2ccccc12. The Labute approximate surface area is 177 Å². The quantitative estimate of drug-likeness (QED) is 0.684. The minimum Gasteiger partial charge on any atom is -0.374 e. The largest absolute Gasteiger partial charge is 0.374 e. The van der Waals surface area contributed by atoms with Gasteiger partial charge >= 0.3 is 0 Å². The molecule has 1 unspecified atom stereocenters. The molecule has 5 heteroatoms. The molecule has 2 aliphatic rings. The summed E-state index contributed by atoms with van der Waals surface area (Å²) in [6.45, 7) is 3.85. The van der Waals surface area contributed by atoms with Gasteiger partial charge in [-0.2, -0.15) is 0 Å². The maximum atomic E-state index is 13.1. The fourth-order valence-corrected chi connectivity index (χ4v) is 4.16. The van der Waals surface area contributed by atoms with Gasteiger partial charge in [-0.15, -0.1) is 0 Å². The van der Waals surface area contributed by atoms with E-state index < -0.39 is 0 Å². The van der Waals surface area contributed by atoms with Gasteiger partial charge in [-0.05, 0) is 30.5 Å². The van der Waals surface area contributed by atoms with E-state index in [4.69, 9.17) is 9.72 Å². The molecule has 1 saturated carbocycles. The van der Waals surface area contributed by atoms with Crippen LogP contribution in [0.4, 0.5) is 0 Å². The van der Waals surface area contributed by atoms with Crippen LogP contribution in [0.2, 0.25) is 0 Å². The number of carbonyl (C=O) groups excluding carboxylic acids is 1. The first kappa shape index (κ1) is 19.2. The van der Waals surface area contributed by atoms with Crippen LogP contribution < -0.4 is 5.32 Å². The van der Waals surface area contributed by atoms with E-state index in [2.05, 4.69) is 34.5 Å². The first-order valence-electron chi connectivity index (χ1n) is 10.8. The maximum Gasteiger partial charge on any atom is 0.252 e. The van der Waals surface area contributed by atoms with Crippen molar-refractivity contribution in [3.05, 3.63) is 77.5 Å². The Kier molecular flexibility index (Phi) is 5.47. The van der Waals surface area contributed by atoms with Crippen molar-refractivity contribution >= 4 is 16.8 Å². The van der Waals surface area contributed by atoms with Crippen LogP contribution in [0.3, 0.4) is 0 Å². The normalized spacial score (nSPS) is 19.7. The van der Waals surface area contributed by atoms with E-state index in [1.54, 1.807) is 0 Å². The molecule has 1 amide bonds. The highest BCUT2D eigenvalue weighted by Crippen LogP contribution is 2.40. The Morgan fingerprint density at radius 1 is 1.10 bits per heavy atom. The van der Waals surface area contributed by atoms with Gasteiger partial charge in [-0.25, -0.2) is 0 Å². The fraction of sp³-hybridized carbons (Fsp3) is 0.360. The predicted octanol–water partition coefficient (Wildman–Crippen LogP) is 3.74. The highest BCUT2D eigenvalue weighted by molar-refractivity contribution is 6.06. The molecule has 30 heavy (non-hydrogen) atoms. The molecule has 0 bridgehead atoms. The first-order valence-corrected chi connectivity index (χ1v) is 10.8. The van der Waals surface area contributed by atoms with Crippen LogP contribution in [-0.2, 0) is 11.3 Å². The minimum atomic E-state index is -0.0423. The lowest BCUT2D eigenvalue weighted by atomic mass is 10.1. The van der Waals surface area contributed by atoms with Gasteiger partial charge in [0.25, 0.3) is 5.91 Å². The van der Waals surface area contributed by atoms with E-state index in [1.807, 2.05) is 36.4 Å². The third kappa shape index (κ3) is 4.37. The molecule has 0 spiro atoms. The summed E-state index contributed by atoms with van der Waals surface area (Å²) in [5.74, 6) is 0.466. The monoisotopic (exact) mass is 401 g/mol. The number of nitrogens with zero attached hydrogens (tertiary/aromatic N) is 2. The number of aromatic nitrogens is 1. The second kappa shape index (κ2) is 8.54. The molecule has 1 saturated heterocycles. The summed E-state index contributed by atoms with van der Waals surface area (Å²) >= 11 is 0. The summed E-state index contributed by atoms with van der Waals surface area (Å²) < 4.78 is 5.92. The predicted molar refractivity (Wildman–Crippen MR) is 118 cm³/mol. The molecule has 2 aromatic carbocycles. The lowest BCUT2D eigenvalue weighted by Gasteiger charge is -2.33. The summed E-state index contributed by atoms with van der Waals surface area (Å²) in [4.78, 5) is 20.2. The van der Waals surface area contributed by atoms with Crippen LogP contribution in [0.25, 0.3) is 10.9 Å². The number of hydrogen-bond donors (Lipinski definition) is 1. The molecule has 5 rings (SSSR count). The summed E-state index contributed by atoms with van der Waals surface area (Å²) in [7, 11) is 0. The number of morpholine rings is 1. The van der Waals surface area contributed by atoms with Gasteiger partial charge in [0.2, 0.25) is 0 Å². The number of benzene rings is 2. The summed E-state index contributed by atoms with van der Waals surface area (Å²) in [5.41, 5.74) is 3.97. The van der Waals surface area contributed by atoms with Crippen LogP contribution >= 0.6 is 0 Å². The molecule has 0 radical (unpaired) electrons. The molecule has 154 valence electrons. The van der Waals surface area contributed by atoms with Crippen LogP contribution in [0.5, 0.6) is 0 Å². The highest BCUT2D eigenvalue weighted by atomic mass is 16.5. The Morgan fingerprint density at radius 2 is 1.90 bits per heavy atom. The number of carbonyl (C=O) groups is 1. The Balaban J connectivity index is 1.25. The molecule has 1 aromatic heterocycles. The molecular weight excluding hydrogens is 374 g/mol. The third-order valence-corrected chi connectivity index (χ3v) is 5.94. The van der Waals surface area contributed by atoms with Crippen molar-refractivity contribution in [3.8, 4) is 0 Å². The highest BCUT2D eigenvalue weighted by Gasteiger charge is 2.27. The molecule has 1 N–H and O–H groups in total. The Bertz CT molecular complexity index is 1030. The van der Waals surface area contributed by atoms with E-state index in [9.17, 15) is 4.79 Å². The molecular formula is C25H27N3O2. The lowest BCUT2D eigenvalue weighted by molar-refractivity contribution is -0.0292. The number of fused-ring (bicyclic) bond motifs is 1. The van der Waals surface area contributed by atoms with Crippen LogP contribution in [0.15, 0.2) is 60.7 Å². The van der Waals surface area contributed by atoms with Gasteiger partial charge in [0.05, 0.1) is 23.8 Å². The number of ether oxygens (including phenoxy) is 1. The van der Waals surface area contributed by atoms with E-state index >= 15 is 0 Å². The van der Waals surface area contributed by atoms with Crippen molar-refractivity contribution in [2.45, 2.75) is 31.4 Å². The van der Waals surface area contributed by atoms with Crippen molar-refractivity contribution in [3.63, 3.8) is 0 Å². The van der Waals surface area contributed by atoms with Crippen LogP contribution in [0, 0.1) is 0 Å². The smallest absolute Gasteiger partial charge is 0.252 e. The van der Waals surface area contributed by atoms with Gasteiger partial charge in [0, 0.05) is 43.2 Å². The zero-order valence-corrected chi connectivity index (χ0v) is 17.1. The second-order valence-corrected chi connectivity index (χ2v) is 8.31. The van der Waals surface area contributed by atoms with Crippen molar-refractivity contribution in [2.24, 2.45) is 0 Å². The topological polar surface area (TPSA) is 54.5 Å². The first-order chi connectivity index (χ1) is 14.8. The van der Waals surface area contributed by atoms with Crippen molar-refractivity contribution in [1.82, 2.24) is 15.2 Å². The number of pyridine rings is 1. The van der Waals surface area contributed by atoms with Crippen LogP contribution in [0.1, 0.15) is 40.4 Å². The van der Waals surface area contributed by atoms with E-state index in [0.29, 0.717) is 19.1 Å². The maximum absolute atomic E-state index is 13.1. The Hall–Kier alpha value is -2.76. The third-order valence-electron chi connectivity index (χ3n) is 5.94. The average molecular weight is 402 g/mol. The number of amides is 1. The zero-order chi connectivity index (χ0) is 20.3. The average Bonchev–Trinajstić information content (AvgIpc) is 3.63. The molecule has 3 aromatic rings. The fourth-order valence-electron chi connectivity index (χ4n) is 4.16. The second-order valence-electron chi connectivity index (χ2n) is 8.31. The van der Waals surface area contributed by atoms with Crippen molar-refractivity contribution in [2.75, 3.05) is 26.2 Å². The summed E-state index contributed by atoms with van der Waals surface area (Å²) in [6, 6.07) is 20.4. The molecule has 5 nitrogen and oxygen atoms in total. The summed E-state index contributed by atoms with van der Waals surface area (Å²) in [6.07, 6.45) is 2.33. The number of nitrogens with one attached hydrogen (secondary N) is 1. The van der Waals surface area contributed by atoms with E-state index in [-0.39, 0.29) is 12.0 Å². The molecule has 1 aliphatic carbocycles. The zero-order valence-electron chi connectivity index (χ0n) is 17.1. The van der Waals surface area contributed by atoms with Gasteiger partial charge < -0.3 is 10.1 Å². The van der Waals surface area contributed by atoms with Gasteiger partial charge in [0.15, 0.2) is 0 Å². The number of para-hydroxylation sites is 1. The lowest BCUT2D eigenvalue weighted by Crippen LogP contribution is -2.47. The van der Waals surface area contributed by atoms with Gasteiger partial charge in [-0.1, -0.05) is 48.5 Å². The molecule has 1 atom stereocenters. The molecule has 1 aliphatic heterocycles. The van der Waals surface area contributed by atoms with Crippen LogP contribution in [-0.4, -0.2) is 48.1 Å². The molecule has 2 heterocycles. The Morgan fingerprint density at radius 3 is 2.73 bits per heavy atom. The number of hydrogen-bond acceptors (Lipinski definition) is 4. The van der Waals surface area contributed by atoms with Crippen molar-refractivity contribution in [1.29, 1.82) is 0 Å². The number of rotatable bonds is 6. The minimum absolute atomic E-state index is 0.00224. The van der Waals surface area contributed by atoms with Crippen molar-refractivity contribution < 1.29 is 9.53 Å². The van der Waals surface area contributed by atoms with E-state index in [0.717, 1.165) is 41.8 Å². The standard InChI is InChI=1S/C25H27N3O2/c29-25(22-14-24(19-10-11-19)27-23-9-5-4-8-21(22)23)26-15-20-17-28(12-13-30-20)16-18-6-2-1-3-7-18/h1-9,14,19-20H,10-13,15-17H2,(H,26,29). The molecule has 2 fully saturated rings. The van der Waals surface area contributed by atoms with Gasteiger partial charge in [-0.3, -0.25) is 14.7 Å². The summed E-state index contributed by atoms with van der Waals surface area (Å²) in [5, 5.41) is 4.03. The van der Waals surface area contributed by atoms with E-state index in [1.165, 1.54) is 18.4 Å². The van der Waals surface area contributed by atoms with Gasteiger partial charge in [0.1, 0.15) is 0 Å².